The van der Waals surface area contributed by atoms with E-state index in [1.165, 1.54) is 49.5 Å². The fourth-order valence-corrected chi connectivity index (χ4v) is 3.56. The minimum absolute atomic E-state index is 0.0302. The van der Waals surface area contributed by atoms with Crippen LogP contribution in [-0.4, -0.2) is 22.5 Å². The third-order valence-electron chi connectivity index (χ3n) is 5.09. The Morgan fingerprint density at radius 3 is 2.62 bits per heavy atom. The van der Waals surface area contributed by atoms with Gasteiger partial charge in [0.25, 0.3) is 5.91 Å². The molecule has 0 radical (unpaired) electrons. The first-order valence-electron chi connectivity index (χ1n) is 8.90. The van der Waals surface area contributed by atoms with Crippen molar-refractivity contribution in [1.29, 1.82) is 0 Å². The molecule has 4 nitrogen and oxygen atoms in total. The quantitative estimate of drug-likeness (QED) is 0.812. The van der Waals surface area contributed by atoms with Gasteiger partial charge in [-0.15, -0.1) is 0 Å². The number of aromatic nitrogens is 1. The summed E-state index contributed by atoms with van der Waals surface area (Å²) in [5.74, 6) is 0.634. The lowest BCUT2D eigenvalue weighted by Crippen LogP contribution is -2.36. The second-order valence-corrected chi connectivity index (χ2v) is 6.93. The predicted molar refractivity (Wildman–Crippen MR) is 93.7 cm³/mol. The molecule has 1 fully saturated rings. The molecule has 1 aromatic heterocycles. The van der Waals surface area contributed by atoms with Crippen molar-refractivity contribution in [1.82, 2.24) is 10.1 Å². The minimum Gasteiger partial charge on any atom is -0.364 e. The second-order valence-electron chi connectivity index (χ2n) is 6.93. The SMILES string of the molecule is Cc1ccccc1CN(CC1CCCCC1)C(=O)c1conc1C. The van der Waals surface area contributed by atoms with E-state index in [-0.39, 0.29) is 5.91 Å². The number of aryl methyl sites for hydroxylation is 2. The van der Waals surface area contributed by atoms with Gasteiger partial charge in [0.1, 0.15) is 11.8 Å². The first kappa shape index (κ1) is 16.7. The average molecular weight is 326 g/mol. The molecule has 3 rings (SSSR count). The molecule has 0 atom stereocenters. The lowest BCUT2D eigenvalue weighted by atomic mass is 9.88. The Hall–Kier alpha value is -2.10. The van der Waals surface area contributed by atoms with Gasteiger partial charge in [0, 0.05) is 13.1 Å². The zero-order chi connectivity index (χ0) is 16.9. The molecule has 1 saturated carbocycles. The number of carbonyl (C=O) groups is 1. The highest BCUT2D eigenvalue weighted by Gasteiger charge is 2.25. The smallest absolute Gasteiger partial charge is 0.259 e. The van der Waals surface area contributed by atoms with Crippen LogP contribution in [0.15, 0.2) is 35.1 Å². The van der Waals surface area contributed by atoms with Crippen LogP contribution in [-0.2, 0) is 6.54 Å². The maximum absolute atomic E-state index is 13.0. The van der Waals surface area contributed by atoms with E-state index < -0.39 is 0 Å². The Morgan fingerprint density at radius 1 is 1.21 bits per heavy atom. The monoisotopic (exact) mass is 326 g/mol. The van der Waals surface area contributed by atoms with E-state index in [4.69, 9.17) is 4.52 Å². The summed E-state index contributed by atoms with van der Waals surface area (Å²) in [6, 6.07) is 8.28. The van der Waals surface area contributed by atoms with Gasteiger partial charge in [-0.2, -0.15) is 0 Å². The van der Waals surface area contributed by atoms with Crippen molar-refractivity contribution in [3.05, 3.63) is 52.9 Å². The van der Waals surface area contributed by atoms with Crippen molar-refractivity contribution >= 4 is 5.91 Å². The van der Waals surface area contributed by atoms with Crippen LogP contribution < -0.4 is 0 Å². The molecule has 1 aromatic carbocycles. The van der Waals surface area contributed by atoms with Gasteiger partial charge in [0.05, 0.1) is 5.69 Å². The number of hydrogen-bond acceptors (Lipinski definition) is 3. The van der Waals surface area contributed by atoms with Crippen molar-refractivity contribution in [3.8, 4) is 0 Å². The number of nitrogens with zero attached hydrogens (tertiary/aromatic N) is 2. The summed E-state index contributed by atoms with van der Waals surface area (Å²) >= 11 is 0. The fraction of sp³-hybridized carbons (Fsp3) is 0.500. The molecule has 0 N–H and O–H groups in total. The molecule has 0 aliphatic heterocycles. The molecular weight excluding hydrogens is 300 g/mol. The number of rotatable bonds is 5. The highest BCUT2D eigenvalue weighted by Crippen LogP contribution is 2.26. The molecule has 0 bridgehead atoms. The summed E-state index contributed by atoms with van der Waals surface area (Å²) in [6.45, 7) is 5.39. The molecule has 4 heteroatoms. The van der Waals surface area contributed by atoms with Gasteiger partial charge in [0.2, 0.25) is 0 Å². The van der Waals surface area contributed by atoms with Gasteiger partial charge in [-0.1, -0.05) is 48.7 Å². The molecule has 0 saturated heterocycles. The molecule has 1 aliphatic carbocycles. The first-order chi connectivity index (χ1) is 11.6. The van der Waals surface area contributed by atoms with E-state index in [0.29, 0.717) is 23.7 Å². The first-order valence-corrected chi connectivity index (χ1v) is 8.90. The highest BCUT2D eigenvalue weighted by molar-refractivity contribution is 5.94. The second kappa shape index (κ2) is 7.65. The van der Waals surface area contributed by atoms with E-state index in [1.807, 2.05) is 24.0 Å². The van der Waals surface area contributed by atoms with Crippen molar-refractivity contribution in [2.45, 2.75) is 52.5 Å². The number of hydrogen-bond donors (Lipinski definition) is 0. The minimum atomic E-state index is 0.0302. The molecule has 1 heterocycles. The molecule has 1 aliphatic rings. The van der Waals surface area contributed by atoms with Gasteiger partial charge >= 0.3 is 0 Å². The van der Waals surface area contributed by atoms with Crippen LogP contribution in [0.3, 0.4) is 0 Å². The number of amides is 1. The van der Waals surface area contributed by atoms with Crippen LogP contribution >= 0.6 is 0 Å². The Kier molecular flexibility index (Phi) is 5.34. The zero-order valence-corrected chi connectivity index (χ0v) is 14.6. The summed E-state index contributed by atoms with van der Waals surface area (Å²) in [5.41, 5.74) is 3.68. The lowest BCUT2D eigenvalue weighted by molar-refractivity contribution is 0.0697. The van der Waals surface area contributed by atoms with Crippen LogP contribution in [0.25, 0.3) is 0 Å². The molecule has 2 aromatic rings. The summed E-state index contributed by atoms with van der Waals surface area (Å²) in [6.07, 6.45) is 7.81. The summed E-state index contributed by atoms with van der Waals surface area (Å²) in [7, 11) is 0. The van der Waals surface area contributed by atoms with Gasteiger partial charge in [-0.05, 0) is 43.7 Å². The van der Waals surface area contributed by atoms with E-state index >= 15 is 0 Å². The molecule has 0 unspecified atom stereocenters. The molecule has 0 spiro atoms. The van der Waals surface area contributed by atoms with E-state index in [0.717, 1.165) is 6.54 Å². The molecule has 24 heavy (non-hydrogen) atoms. The maximum atomic E-state index is 13.0. The highest BCUT2D eigenvalue weighted by atomic mass is 16.5. The standard InChI is InChI=1S/C20H26N2O2/c1-15-8-6-7-11-18(15)13-22(12-17-9-4-3-5-10-17)20(23)19-14-24-21-16(19)2/h6-8,11,14,17H,3-5,9-10,12-13H2,1-2H3. The third-order valence-corrected chi connectivity index (χ3v) is 5.09. The van der Waals surface area contributed by atoms with E-state index in [1.54, 1.807) is 0 Å². The van der Waals surface area contributed by atoms with Crippen LogP contribution in [0.5, 0.6) is 0 Å². The Balaban J connectivity index is 1.81. The largest absolute Gasteiger partial charge is 0.364 e. The third kappa shape index (κ3) is 3.86. The van der Waals surface area contributed by atoms with Crippen LogP contribution in [0, 0.1) is 19.8 Å². The number of carbonyl (C=O) groups excluding carboxylic acids is 1. The fourth-order valence-electron chi connectivity index (χ4n) is 3.56. The van der Waals surface area contributed by atoms with Crippen molar-refractivity contribution < 1.29 is 9.32 Å². The molecule has 128 valence electrons. The number of benzene rings is 1. The lowest BCUT2D eigenvalue weighted by Gasteiger charge is -2.30. The predicted octanol–water partition coefficient (Wildman–Crippen LogP) is 4.51. The summed E-state index contributed by atoms with van der Waals surface area (Å²) in [4.78, 5) is 15.0. The summed E-state index contributed by atoms with van der Waals surface area (Å²) < 4.78 is 4.98. The summed E-state index contributed by atoms with van der Waals surface area (Å²) in [5, 5.41) is 3.87. The average Bonchev–Trinajstić information content (AvgIpc) is 3.02. The van der Waals surface area contributed by atoms with Crippen molar-refractivity contribution in [2.75, 3.05) is 6.54 Å². The van der Waals surface area contributed by atoms with Crippen LogP contribution in [0.2, 0.25) is 0 Å². The van der Waals surface area contributed by atoms with Gasteiger partial charge in [0.15, 0.2) is 0 Å². The maximum Gasteiger partial charge on any atom is 0.259 e. The Morgan fingerprint density at radius 2 is 1.96 bits per heavy atom. The Bertz CT molecular complexity index is 686. The van der Waals surface area contributed by atoms with Crippen molar-refractivity contribution in [2.24, 2.45) is 5.92 Å². The van der Waals surface area contributed by atoms with E-state index in [2.05, 4.69) is 24.2 Å². The topological polar surface area (TPSA) is 46.3 Å². The van der Waals surface area contributed by atoms with E-state index in [9.17, 15) is 4.79 Å². The van der Waals surface area contributed by atoms with Gasteiger partial charge < -0.3 is 9.42 Å². The van der Waals surface area contributed by atoms with Crippen molar-refractivity contribution in [3.63, 3.8) is 0 Å². The molecular formula is C20H26N2O2. The normalized spacial score (nSPS) is 15.4. The van der Waals surface area contributed by atoms with Crippen LogP contribution in [0.1, 0.15) is 59.3 Å². The van der Waals surface area contributed by atoms with Gasteiger partial charge in [-0.3, -0.25) is 4.79 Å². The van der Waals surface area contributed by atoms with Crippen LogP contribution in [0.4, 0.5) is 0 Å². The zero-order valence-electron chi connectivity index (χ0n) is 14.6. The van der Waals surface area contributed by atoms with Gasteiger partial charge in [-0.25, -0.2) is 0 Å². The molecule has 1 amide bonds. The Labute approximate surface area is 143 Å².